The first kappa shape index (κ1) is 27.1. The van der Waals surface area contributed by atoms with Gasteiger partial charge in [0.25, 0.3) is 0 Å². The van der Waals surface area contributed by atoms with Crippen LogP contribution in [0.4, 0.5) is 0 Å². The highest BCUT2D eigenvalue weighted by Gasteiger charge is 2.24. The molecule has 1 aliphatic heterocycles. The summed E-state index contributed by atoms with van der Waals surface area (Å²) in [6.45, 7) is 8.50. The van der Waals surface area contributed by atoms with Gasteiger partial charge in [-0.15, -0.1) is 24.0 Å². The van der Waals surface area contributed by atoms with Crippen LogP contribution in [0, 0.1) is 5.92 Å². The van der Waals surface area contributed by atoms with Crippen molar-refractivity contribution in [2.45, 2.75) is 57.0 Å². The summed E-state index contributed by atoms with van der Waals surface area (Å²) >= 11 is 0. The van der Waals surface area contributed by atoms with Crippen LogP contribution >= 0.6 is 24.0 Å². The molecule has 1 fully saturated rings. The van der Waals surface area contributed by atoms with E-state index < -0.39 is 15.6 Å². The van der Waals surface area contributed by atoms with Gasteiger partial charge in [-0.05, 0) is 57.6 Å². The molecular weight excluding hydrogens is 515 g/mol. The zero-order valence-corrected chi connectivity index (χ0v) is 21.9. The van der Waals surface area contributed by atoms with E-state index in [1.54, 1.807) is 19.2 Å². The Balaban J connectivity index is 0.00000450. The molecule has 0 bridgehead atoms. The Morgan fingerprint density at radius 3 is 2.47 bits per heavy atom. The second-order valence-electron chi connectivity index (χ2n) is 8.63. The number of halogens is 1. The predicted octanol–water partition coefficient (Wildman–Crippen LogP) is 3.21. The van der Waals surface area contributed by atoms with Crippen LogP contribution < -0.4 is 10.0 Å². The van der Waals surface area contributed by atoms with Crippen molar-refractivity contribution in [2.24, 2.45) is 10.9 Å². The minimum atomic E-state index is -3.60. The lowest BCUT2D eigenvalue weighted by Gasteiger charge is -2.27. The van der Waals surface area contributed by atoms with Gasteiger partial charge in [-0.3, -0.25) is 4.99 Å². The smallest absolute Gasteiger partial charge is 0.241 e. The van der Waals surface area contributed by atoms with Gasteiger partial charge < -0.3 is 15.0 Å². The largest absolute Gasteiger partial charge is 0.381 e. The number of benzene rings is 1. The van der Waals surface area contributed by atoms with Gasteiger partial charge in [0.1, 0.15) is 0 Å². The number of nitrogens with one attached hydrogen (secondary N) is 2. The summed E-state index contributed by atoms with van der Waals surface area (Å²) in [6, 6.07) is 7.07. The maximum Gasteiger partial charge on any atom is 0.241 e. The minimum absolute atomic E-state index is 0. The number of ether oxygens (including phenoxy) is 1. The summed E-state index contributed by atoms with van der Waals surface area (Å²) in [5, 5.41) is 3.31. The molecule has 1 aromatic rings. The van der Waals surface area contributed by atoms with Crippen molar-refractivity contribution in [1.29, 1.82) is 0 Å². The van der Waals surface area contributed by atoms with Crippen molar-refractivity contribution in [1.82, 2.24) is 14.9 Å². The van der Waals surface area contributed by atoms with E-state index in [0.717, 1.165) is 45.0 Å². The third-order valence-corrected chi connectivity index (χ3v) is 6.79. The molecule has 0 atom stereocenters. The van der Waals surface area contributed by atoms with E-state index in [2.05, 4.69) is 19.9 Å². The van der Waals surface area contributed by atoms with Crippen molar-refractivity contribution >= 4 is 40.0 Å². The number of hydrogen-bond donors (Lipinski definition) is 2. The fraction of sp³-hybridized carbons (Fsp3) is 0.667. The third kappa shape index (κ3) is 8.68. The van der Waals surface area contributed by atoms with Crippen LogP contribution in [0.25, 0.3) is 0 Å². The lowest BCUT2D eigenvalue weighted by molar-refractivity contribution is 0.0625. The van der Waals surface area contributed by atoms with Crippen molar-refractivity contribution < 1.29 is 13.2 Å². The Morgan fingerprint density at radius 2 is 1.87 bits per heavy atom. The molecule has 172 valence electrons. The maximum atomic E-state index is 12.8. The predicted molar refractivity (Wildman–Crippen MR) is 133 cm³/mol. The van der Waals surface area contributed by atoms with Gasteiger partial charge in [0.05, 0.1) is 4.90 Å². The second-order valence-corrected chi connectivity index (χ2v) is 10.3. The first-order chi connectivity index (χ1) is 13.6. The van der Waals surface area contributed by atoms with E-state index in [0.29, 0.717) is 22.9 Å². The number of aliphatic imine (C=N–C) groups is 1. The van der Waals surface area contributed by atoms with Crippen molar-refractivity contribution in [3.05, 3.63) is 29.8 Å². The normalized spacial score (nSPS) is 16.1. The third-order valence-electron chi connectivity index (χ3n) is 4.93. The summed E-state index contributed by atoms with van der Waals surface area (Å²) in [6.07, 6.45) is 3.33. The Kier molecular flexibility index (Phi) is 11.0. The molecular formula is C21H37IN4O3S. The summed E-state index contributed by atoms with van der Waals surface area (Å²) in [5.74, 6) is 1.45. The van der Waals surface area contributed by atoms with Crippen molar-refractivity contribution in [3.8, 4) is 0 Å². The van der Waals surface area contributed by atoms with E-state index in [-0.39, 0.29) is 24.0 Å². The summed E-state index contributed by atoms with van der Waals surface area (Å²) in [7, 11) is 0.156. The Morgan fingerprint density at radius 1 is 1.23 bits per heavy atom. The fourth-order valence-electron chi connectivity index (χ4n) is 3.45. The van der Waals surface area contributed by atoms with Crippen LogP contribution in [-0.4, -0.2) is 58.7 Å². The number of hydrogen-bond acceptors (Lipinski definition) is 4. The van der Waals surface area contributed by atoms with Gasteiger partial charge in [0.2, 0.25) is 10.0 Å². The van der Waals surface area contributed by atoms with Gasteiger partial charge in [-0.2, -0.15) is 0 Å². The molecule has 0 radical (unpaired) electrons. The van der Waals surface area contributed by atoms with E-state index in [9.17, 15) is 8.42 Å². The van der Waals surface area contributed by atoms with Gasteiger partial charge in [-0.1, -0.05) is 18.2 Å². The maximum absolute atomic E-state index is 12.8. The fourth-order valence-corrected chi connectivity index (χ4v) is 5.11. The second kappa shape index (κ2) is 12.2. The zero-order valence-electron chi connectivity index (χ0n) is 18.8. The van der Waals surface area contributed by atoms with E-state index in [1.807, 2.05) is 40.0 Å². The summed E-state index contributed by atoms with van der Waals surface area (Å²) in [4.78, 5) is 6.75. The number of nitrogens with zero attached hydrogens (tertiary/aromatic N) is 2. The average molecular weight is 553 g/mol. The SMILES string of the molecule is CN=C(NCc1ccccc1S(=O)(=O)NC(C)(C)C)N(C)CCC1CCOCC1.I. The zero-order chi connectivity index (χ0) is 21.5. The molecule has 2 N–H and O–H groups in total. The summed E-state index contributed by atoms with van der Waals surface area (Å²) in [5.41, 5.74) is 0.169. The van der Waals surface area contributed by atoms with Crippen molar-refractivity contribution in [3.63, 3.8) is 0 Å². The molecule has 9 heteroatoms. The number of guanidine groups is 1. The quantitative estimate of drug-likeness (QED) is 0.309. The molecule has 0 aliphatic carbocycles. The average Bonchev–Trinajstić information content (AvgIpc) is 2.66. The van der Waals surface area contributed by atoms with Crippen molar-refractivity contribution in [2.75, 3.05) is 33.9 Å². The highest BCUT2D eigenvalue weighted by molar-refractivity contribution is 14.0. The number of rotatable bonds is 7. The van der Waals surface area contributed by atoms with Gasteiger partial charge in [0.15, 0.2) is 5.96 Å². The lowest BCUT2D eigenvalue weighted by Crippen LogP contribution is -2.42. The molecule has 7 nitrogen and oxygen atoms in total. The first-order valence-corrected chi connectivity index (χ1v) is 11.7. The molecule has 1 saturated heterocycles. The van der Waals surface area contributed by atoms with Crippen LogP contribution in [0.5, 0.6) is 0 Å². The van der Waals surface area contributed by atoms with Crippen LogP contribution in [0.15, 0.2) is 34.2 Å². The molecule has 0 aromatic heterocycles. The van der Waals surface area contributed by atoms with E-state index in [1.165, 1.54) is 0 Å². The van der Waals surface area contributed by atoms with Gasteiger partial charge in [0, 0.05) is 45.9 Å². The molecule has 0 spiro atoms. The Hall–Kier alpha value is -0.910. The minimum Gasteiger partial charge on any atom is -0.381 e. The summed E-state index contributed by atoms with van der Waals surface area (Å²) < 4.78 is 33.8. The standard InChI is InChI=1S/C21H36N4O3S.HI/c1-21(2,3)24-29(26,27)19-9-7-6-8-18(19)16-23-20(22-4)25(5)13-10-17-11-14-28-15-12-17;/h6-9,17,24H,10-16H2,1-5H3,(H,22,23);1H. The van der Waals surface area contributed by atoms with Gasteiger partial charge in [-0.25, -0.2) is 13.1 Å². The van der Waals surface area contributed by atoms with Crippen LogP contribution in [0.2, 0.25) is 0 Å². The topological polar surface area (TPSA) is 83.0 Å². The molecule has 0 unspecified atom stereocenters. The van der Waals surface area contributed by atoms with Crippen LogP contribution in [-0.2, 0) is 21.3 Å². The lowest BCUT2D eigenvalue weighted by atomic mass is 9.96. The molecule has 1 aromatic carbocycles. The molecule has 0 saturated carbocycles. The molecule has 1 aliphatic rings. The Labute approximate surface area is 199 Å². The number of sulfonamides is 1. The highest BCUT2D eigenvalue weighted by atomic mass is 127. The van der Waals surface area contributed by atoms with Crippen LogP contribution in [0.3, 0.4) is 0 Å². The highest BCUT2D eigenvalue weighted by Crippen LogP contribution is 2.19. The first-order valence-electron chi connectivity index (χ1n) is 10.2. The Bertz CT molecular complexity index is 788. The monoisotopic (exact) mass is 552 g/mol. The molecule has 30 heavy (non-hydrogen) atoms. The molecule has 1 heterocycles. The van der Waals surface area contributed by atoms with Gasteiger partial charge >= 0.3 is 0 Å². The van der Waals surface area contributed by atoms with E-state index in [4.69, 9.17) is 4.74 Å². The van der Waals surface area contributed by atoms with E-state index >= 15 is 0 Å². The molecule has 0 amide bonds. The van der Waals surface area contributed by atoms with Crippen LogP contribution in [0.1, 0.15) is 45.6 Å². The molecule has 2 rings (SSSR count).